The van der Waals surface area contributed by atoms with Gasteiger partial charge in [0.15, 0.2) is 0 Å². The molecule has 1 aliphatic carbocycles. The zero-order valence-electron chi connectivity index (χ0n) is 23.3. The fourth-order valence-corrected chi connectivity index (χ4v) is 7.55. The lowest BCUT2D eigenvalue weighted by Crippen LogP contribution is -2.20. The van der Waals surface area contributed by atoms with Crippen LogP contribution in [0, 0.1) is 19.7 Å². The molecule has 3 aromatic carbocycles. The summed E-state index contributed by atoms with van der Waals surface area (Å²) in [5.41, 5.74) is 4.30. The maximum absolute atomic E-state index is 17.2. The van der Waals surface area contributed by atoms with Crippen LogP contribution in [-0.4, -0.2) is 20.6 Å². The Bertz CT molecular complexity index is 1850. The molecule has 5 nitrogen and oxygen atoms in total. The highest BCUT2D eigenvalue weighted by Gasteiger charge is 2.32. The van der Waals surface area contributed by atoms with Gasteiger partial charge in [0.05, 0.1) is 15.8 Å². The Morgan fingerprint density at radius 1 is 0.929 bits per heavy atom. The van der Waals surface area contributed by atoms with Crippen molar-refractivity contribution in [2.45, 2.75) is 54.0 Å². The van der Waals surface area contributed by atoms with Crippen molar-refractivity contribution >= 4 is 40.4 Å². The summed E-state index contributed by atoms with van der Waals surface area (Å²) < 4.78 is 19.1. The lowest BCUT2D eigenvalue weighted by Gasteiger charge is -2.22. The molecule has 2 aromatic heterocycles. The summed E-state index contributed by atoms with van der Waals surface area (Å²) in [6.07, 6.45) is 3.20. The molecule has 1 N–H and O–H groups in total. The summed E-state index contributed by atoms with van der Waals surface area (Å²) >= 11 is 2.72. The molecule has 0 radical (unpaired) electrons. The van der Waals surface area contributed by atoms with E-state index in [1.54, 1.807) is 0 Å². The van der Waals surface area contributed by atoms with Crippen LogP contribution in [-0.2, 0) is 11.5 Å². The van der Waals surface area contributed by atoms with Gasteiger partial charge in [0.2, 0.25) is 5.43 Å². The molecule has 5 aromatic rings. The van der Waals surface area contributed by atoms with Gasteiger partial charge in [-0.1, -0.05) is 60.7 Å². The van der Waals surface area contributed by atoms with E-state index in [1.165, 1.54) is 29.7 Å². The largest absolute Gasteiger partial charge is 0.477 e. The second-order valence-corrected chi connectivity index (χ2v) is 12.5. The third-order valence-electron chi connectivity index (χ3n) is 7.32. The van der Waals surface area contributed by atoms with Gasteiger partial charge in [0.25, 0.3) is 0 Å². The molecule has 0 saturated heterocycles. The summed E-state index contributed by atoms with van der Waals surface area (Å²) in [7, 11) is 0. The van der Waals surface area contributed by atoms with Crippen LogP contribution >= 0.6 is 23.5 Å². The van der Waals surface area contributed by atoms with Crippen LogP contribution in [0.4, 0.5) is 4.39 Å². The second-order valence-electron chi connectivity index (χ2n) is 10.6. The number of aromatic carboxylic acids is 1. The lowest BCUT2D eigenvalue weighted by molar-refractivity contribution is 0.0694. The van der Waals surface area contributed by atoms with Gasteiger partial charge >= 0.3 is 5.97 Å². The number of halogens is 1. The van der Waals surface area contributed by atoms with Gasteiger partial charge in [-0.25, -0.2) is 9.18 Å². The molecule has 0 bridgehead atoms. The van der Waals surface area contributed by atoms with Crippen LogP contribution in [0.15, 0.2) is 93.6 Å². The number of aryl methyl sites for hydroxylation is 2. The van der Waals surface area contributed by atoms with E-state index < -0.39 is 17.2 Å². The molecule has 0 unspecified atom stereocenters. The lowest BCUT2D eigenvalue weighted by atomic mass is 10.00. The Morgan fingerprint density at radius 2 is 1.48 bits per heavy atom. The quantitative estimate of drug-likeness (QED) is 0.172. The van der Waals surface area contributed by atoms with E-state index in [2.05, 4.69) is 4.98 Å². The highest BCUT2D eigenvalue weighted by molar-refractivity contribution is 7.99. The van der Waals surface area contributed by atoms with E-state index in [9.17, 15) is 14.7 Å². The van der Waals surface area contributed by atoms with Crippen molar-refractivity contribution in [2.24, 2.45) is 0 Å². The SMILES string of the molecule is Cc1cc(-c2c(F)c(SCc3ccccc3)c3c(=O)c(C(=O)O)cn(C4CC4)c3c2SCc2ccccc2)cc(C)n1. The molecule has 0 atom stereocenters. The number of hydrogen-bond acceptors (Lipinski definition) is 5. The fourth-order valence-electron chi connectivity index (χ4n) is 5.28. The minimum Gasteiger partial charge on any atom is -0.477 e. The number of pyridine rings is 2. The first kappa shape index (κ1) is 28.2. The predicted molar refractivity (Wildman–Crippen MR) is 168 cm³/mol. The van der Waals surface area contributed by atoms with Crippen molar-refractivity contribution < 1.29 is 14.3 Å². The first-order valence-corrected chi connectivity index (χ1v) is 15.8. The Kier molecular flexibility index (Phi) is 7.92. The average molecular weight is 597 g/mol. The maximum Gasteiger partial charge on any atom is 0.341 e. The van der Waals surface area contributed by atoms with Crippen LogP contribution < -0.4 is 5.43 Å². The molecule has 212 valence electrons. The van der Waals surface area contributed by atoms with Gasteiger partial charge in [0, 0.05) is 45.6 Å². The van der Waals surface area contributed by atoms with Crippen LogP contribution in [0.1, 0.15) is 51.8 Å². The average Bonchev–Trinajstić information content (AvgIpc) is 3.82. The highest BCUT2D eigenvalue weighted by Crippen LogP contribution is 2.48. The van der Waals surface area contributed by atoms with Crippen LogP contribution in [0.25, 0.3) is 22.0 Å². The van der Waals surface area contributed by atoms with Crippen molar-refractivity contribution in [3.63, 3.8) is 0 Å². The third-order valence-corrected chi connectivity index (χ3v) is 9.63. The van der Waals surface area contributed by atoms with E-state index in [1.807, 2.05) is 91.2 Å². The normalized spacial score (nSPS) is 13.0. The highest BCUT2D eigenvalue weighted by atomic mass is 32.2. The zero-order chi connectivity index (χ0) is 29.4. The van der Waals surface area contributed by atoms with Gasteiger partial charge < -0.3 is 9.67 Å². The minimum absolute atomic E-state index is 0.0495. The summed E-state index contributed by atoms with van der Waals surface area (Å²) in [5, 5.41) is 10.1. The molecule has 1 aliphatic rings. The van der Waals surface area contributed by atoms with Crippen molar-refractivity contribution in [3.8, 4) is 11.1 Å². The van der Waals surface area contributed by atoms with Crippen molar-refractivity contribution in [1.82, 2.24) is 9.55 Å². The Hall–Kier alpha value is -3.88. The summed E-state index contributed by atoms with van der Waals surface area (Å²) in [4.78, 5) is 31.6. The van der Waals surface area contributed by atoms with Gasteiger partial charge in [0.1, 0.15) is 11.4 Å². The van der Waals surface area contributed by atoms with E-state index in [0.717, 1.165) is 35.4 Å². The van der Waals surface area contributed by atoms with E-state index in [-0.39, 0.29) is 21.9 Å². The zero-order valence-corrected chi connectivity index (χ0v) is 24.9. The topological polar surface area (TPSA) is 72.2 Å². The van der Waals surface area contributed by atoms with Gasteiger partial charge in [-0.3, -0.25) is 9.78 Å². The van der Waals surface area contributed by atoms with Gasteiger partial charge in [-0.15, -0.1) is 23.5 Å². The van der Waals surface area contributed by atoms with Crippen LogP contribution in [0.5, 0.6) is 0 Å². The molecular weight excluding hydrogens is 568 g/mol. The van der Waals surface area contributed by atoms with Gasteiger partial charge in [-0.05, 0) is 55.5 Å². The molecule has 8 heteroatoms. The molecule has 42 heavy (non-hydrogen) atoms. The van der Waals surface area contributed by atoms with Crippen molar-refractivity contribution in [1.29, 1.82) is 0 Å². The maximum atomic E-state index is 17.2. The Labute approximate surface area is 251 Å². The molecule has 6 rings (SSSR count). The first-order chi connectivity index (χ1) is 20.3. The van der Waals surface area contributed by atoms with E-state index in [0.29, 0.717) is 33.0 Å². The molecule has 0 aliphatic heterocycles. The summed E-state index contributed by atoms with van der Waals surface area (Å²) in [5.74, 6) is -0.830. The molecule has 0 amide bonds. The number of fused-ring (bicyclic) bond motifs is 1. The summed E-state index contributed by atoms with van der Waals surface area (Å²) in [6.45, 7) is 3.77. The minimum atomic E-state index is -1.31. The Morgan fingerprint density at radius 3 is 2.00 bits per heavy atom. The number of carboxylic acids is 1. The monoisotopic (exact) mass is 596 g/mol. The van der Waals surface area contributed by atoms with E-state index in [4.69, 9.17) is 0 Å². The van der Waals surface area contributed by atoms with Crippen molar-refractivity contribution in [2.75, 3.05) is 0 Å². The molecule has 0 spiro atoms. The number of aromatic nitrogens is 2. The number of nitrogens with zero attached hydrogens (tertiary/aromatic N) is 2. The standard InChI is InChI=1S/C34H29FN2O3S2/c1-20-15-24(16-21(2)36-20)27-29(35)32(41-18-22-9-5-3-6-10-22)28-30(33(27)42-19-23-11-7-4-8-12-23)37(25-13-14-25)17-26(31(28)38)34(39)40/h3-12,15-17,25H,13-14,18-19H2,1-2H3,(H,39,40). The summed E-state index contributed by atoms with van der Waals surface area (Å²) in [6, 6.07) is 23.4. The van der Waals surface area contributed by atoms with Crippen LogP contribution in [0.2, 0.25) is 0 Å². The fraction of sp³-hybridized carbons (Fsp3) is 0.206. The number of thioether (sulfide) groups is 2. The number of carbonyl (C=O) groups is 1. The number of carboxylic acid groups (broad SMARTS) is 1. The molecular formula is C34H29FN2O3S2. The van der Waals surface area contributed by atoms with Crippen molar-refractivity contribution in [3.05, 3.63) is 123 Å². The molecule has 1 fully saturated rings. The first-order valence-electron chi connectivity index (χ1n) is 13.8. The number of rotatable bonds is 9. The molecule has 2 heterocycles. The third kappa shape index (κ3) is 5.61. The Balaban J connectivity index is 1.69. The smallest absolute Gasteiger partial charge is 0.341 e. The number of hydrogen-bond donors (Lipinski definition) is 1. The molecule has 1 saturated carbocycles. The van der Waals surface area contributed by atoms with E-state index >= 15 is 4.39 Å². The van der Waals surface area contributed by atoms with Crippen LogP contribution in [0.3, 0.4) is 0 Å². The second kappa shape index (κ2) is 11.8. The predicted octanol–water partition coefficient (Wildman–Crippen LogP) is 8.44. The van der Waals surface area contributed by atoms with Gasteiger partial charge in [-0.2, -0.15) is 0 Å². The number of benzene rings is 3.